The van der Waals surface area contributed by atoms with Gasteiger partial charge in [0.05, 0.1) is 0 Å². The van der Waals surface area contributed by atoms with Crippen molar-refractivity contribution in [3.63, 3.8) is 0 Å². The average molecular weight is 273 g/mol. The summed E-state index contributed by atoms with van der Waals surface area (Å²) in [5, 5.41) is 0. The number of ketones is 1. The highest BCUT2D eigenvalue weighted by molar-refractivity contribution is 7.98. The van der Waals surface area contributed by atoms with Crippen molar-refractivity contribution in [3.8, 4) is 0 Å². The van der Waals surface area contributed by atoms with Crippen LogP contribution < -0.4 is 4.90 Å². The first kappa shape index (κ1) is 15.3. The lowest BCUT2D eigenvalue weighted by atomic mass is 10.2. The van der Waals surface area contributed by atoms with Crippen LogP contribution in [0, 0.1) is 0 Å². The molecule has 0 N–H and O–H groups in total. The van der Waals surface area contributed by atoms with E-state index < -0.39 is 0 Å². The molecule has 1 rings (SSSR count). The number of thioether (sulfide) groups is 1. The zero-order chi connectivity index (χ0) is 14.3. The zero-order valence-electron chi connectivity index (χ0n) is 11.6. The fourth-order valence-electron chi connectivity index (χ4n) is 1.52. The number of nitrogens with zero attached hydrogens (tertiary/aromatic N) is 1. The molecule has 0 amide bonds. The third-order valence-electron chi connectivity index (χ3n) is 2.63. The summed E-state index contributed by atoms with van der Waals surface area (Å²) < 4.78 is 0. The van der Waals surface area contributed by atoms with Crippen LogP contribution in [0.25, 0.3) is 0 Å². The van der Waals surface area contributed by atoms with Crippen LogP contribution in [0.4, 0.5) is 5.69 Å². The molecule has 0 saturated carbocycles. The summed E-state index contributed by atoms with van der Waals surface area (Å²) in [6.07, 6.45) is 9.06. The Kier molecular flexibility index (Phi) is 6.16. The molecular weight excluding hydrogens is 254 g/mol. The number of rotatable bonds is 6. The lowest BCUT2D eigenvalue weighted by molar-refractivity contribution is -0.113. The van der Waals surface area contributed by atoms with Gasteiger partial charge >= 0.3 is 0 Å². The Morgan fingerprint density at radius 3 is 2.42 bits per heavy atom. The van der Waals surface area contributed by atoms with Crippen LogP contribution in [0.5, 0.6) is 0 Å². The van der Waals surface area contributed by atoms with Gasteiger partial charge in [-0.15, -0.1) is 11.8 Å². The molecule has 0 bridgehead atoms. The van der Waals surface area contributed by atoms with E-state index in [1.165, 1.54) is 4.90 Å². The number of benzene rings is 1. The van der Waals surface area contributed by atoms with Crippen LogP contribution in [0.2, 0.25) is 0 Å². The summed E-state index contributed by atoms with van der Waals surface area (Å²) in [7, 11) is 1.93. The molecule has 0 spiro atoms. The number of anilines is 1. The Morgan fingerprint density at radius 1 is 1.32 bits per heavy atom. The van der Waals surface area contributed by atoms with Crippen LogP contribution >= 0.6 is 11.8 Å². The van der Waals surface area contributed by atoms with Crippen LogP contribution in [-0.2, 0) is 4.79 Å². The summed E-state index contributed by atoms with van der Waals surface area (Å²) in [6.45, 7) is 5.17. The molecule has 3 heteroatoms. The number of Topliss-reactive ketones (excluding diaryl/α,β-unsaturated/α-hetero) is 1. The maximum atomic E-state index is 11.5. The summed E-state index contributed by atoms with van der Waals surface area (Å²) in [5.74, 6) is 0.0330. The maximum Gasteiger partial charge on any atom is 0.161 e. The molecule has 0 aliphatic rings. The molecule has 0 saturated heterocycles. The molecule has 0 atom stereocenters. The fourth-order valence-corrected chi connectivity index (χ4v) is 1.93. The lowest BCUT2D eigenvalue weighted by Gasteiger charge is -2.15. The Hall–Kier alpha value is -1.74. The second kappa shape index (κ2) is 7.64. The first-order valence-corrected chi connectivity index (χ1v) is 7.19. The molecule has 1 aromatic rings. The van der Waals surface area contributed by atoms with Gasteiger partial charge in [0.15, 0.2) is 5.78 Å². The smallest absolute Gasteiger partial charge is 0.161 e. The average Bonchev–Trinajstić information content (AvgIpc) is 2.43. The van der Waals surface area contributed by atoms with Crippen molar-refractivity contribution in [2.45, 2.75) is 11.8 Å². The monoisotopic (exact) mass is 273 g/mol. The van der Waals surface area contributed by atoms with Gasteiger partial charge in [-0.3, -0.25) is 4.79 Å². The quantitative estimate of drug-likeness (QED) is 0.443. The van der Waals surface area contributed by atoms with Crippen molar-refractivity contribution < 1.29 is 4.79 Å². The zero-order valence-corrected chi connectivity index (χ0v) is 12.4. The van der Waals surface area contributed by atoms with Crippen molar-refractivity contribution >= 4 is 23.2 Å². The molecule has 0 aliphatic carbocycles. The standard InChI is InChI=1S/C16H19NOS/c1-5-6-7-14(13(2)18)12-17(3)15-8-10-16(19-4)11-9-15/h5-12H,1H2,2-4H3/b7-6-,14-12+. The van der Waals surface area contributed by atoms with Crippen LogP contribution in [-0.4, -0.2) is 19.1 Å². The number of allylic oxidation sites excluding steroid dienone is 4. The van der Waals surface area contributed by atoms with Gasteiger partial charge in [0.2, 0.25) is 0 Å². The van der Waals surface area contributed by atoms with Crippen LogP contribution in [0.1, 0.15) is 6.92 Å². The summed E-state index contributed by atoms with van der Waals surface area (Å²) in [6, 6.07) is 8.21. The summed E-state index contributed by atoms with van der Waals surface area (Å²) in [5.41, 5.74) is 1.69. The molecule has 19 heavy (non-hydrogen) atoms. The predicted octanol–water partition coefficient (Wildman–Crippen LogP) is 4.06. The van der Waals surface area contributed by atoms with Gasteiger partial charge in [-0.05, 0) is 43.5 Å². The first-order chi connectivity index (χ1) is 9.08. The Labute approximate surface area is 119 Å². The van der Waals surface area contributed by atoms with E-state index in [9.17, 15) is 4.79 Å². The molecule has 0 unspecified atom stereocenters. The number of carbonyl (C=O) groups is 1. The van der Waals surface area contributed by atoms with Crippen molar-refractivity contribution in [1.29, 1.82) is 0 Å². The molecule has 0 aliphatic heterocycles. The molecule has 1 aromatic carbocycles. The molecule has 100 valence electrons. The van der Waals surface area contributed by atoms with Gasteiger partial charge in [0, 0.05) is 29.4 Å². The lowest BCUT2D eigenvalue weighted by Crippen LogP contribution is -2.11. The minimum absolute atomic E-state index is 0.0330. The highest BCUT2D eigenvalue weighted by Crippen LogP contribution is 2.20. The fraction of sp³-hybridized carbons (Fsp3) is 0.188. The van der Waals surface area contributed by atoms with E-state index in [2.05, 4.69) is 18.7 Å². The SMILES string of the molecule is C=C/C=C\C(=C/N(C)c1ccc(SC)cc1)C(C)=O. The second-order valence-electron chi connectivity index (χ2n) is 4.04. The van der Waals surface area contributed by atoms with E-state index in [0.29, 0.717) is 5.57 Å². The van der Waals surface area contributed by atoms with Gasteiger partial charge in [0.25, 0.3) is 0 Å². The van der Waals surface area contributed by atoms with Gasteiger partial charge in [-0.25, -0.2) is 0 Å². The van der Waals surface area contributed by atoms with Crippen LogP contribution in [0.3, 0.4) is 0 Å². The molecule has 0 heterocycles. The predicted molar refractivity (Wildman–Crippen MR) is 84.7 cm³/mol. The van der Waals surface area contributed by atoms with E-state index in [1.54, 1.807) is 36.9 Å². The number of carbonyl (C=O) groups excluding carboxylic acids is 1. The maximum absolute atomic E-state index is 11.5. The molecular formula is C16H19NOS. The van der Waals surface area contributed by atoms with Crippen LogP contribution in [0.15, 0.2) is 65.7 Å². The van der Waals surface area contributed by atoms with E-state index in [4.69, 9.17) is 0 Å². The minimum atomic E-state index is 0.0330. The topological polar surface area (TPSA) is 20.3 Å². The van der Waals surface area contributed by atoms with Crippen molar-refractivity contribution in [2.75, 3.05) is 18.2 Å². The first-order valence-electron chi connectivity index (χ1n) is 5.97. The minimum Gasteiger partial charge on any atom is -0.350 e. The summed E-state index contributed by atoms with van der Waals surface area (Å²) in [4.78, 5) is 14.7. The molecule has 2 nitrogen and oxygen atoms in total. The molecule has 0 radical (unpaired) electrons. The normalized spacial score (nSPS) is 11.6. The molecule has 0 fully saturated rings. The second-order valence-corrected chi connectivity index (χ2v) is 4.92. The van der Waals surface area contributed by atoms with E-state index in [0.717, 1.165) is 5.69 Å². The van der Waals surface area contributed by atoms with Gasteiger partial charge in [-0.1, -0.05) is 18.7 Å². The number of hydrogen-bond acceptors (Lipinski definition) is 3. The third-order valence-corrected chi connectivity index (χ3v) is 3.37. The number of hydrogen-bond donors (Lipinski definition) is 0. The van der Waals surface area contributed by atoms with E-state index in [-0.39, 0.29) is 5.78 Å². The highest BCUT2D eigenvalue weighted by Gasteiger charge is 2.03. The van der Waals surface area contributed by atoms with E-state index in [1.807, 2.05) is 36.5 Å². The Balaban J connectivity index is 2.95. The molecule has 0 aromatic heterocycles. The van der Waals surface area contributed by atoms with E-state index >= 15 is 0 Å². The Morgan fingerprint density at radius 2 is 1.95 bits per heavy atom. The third kappa shape index (κ3) is 4.79. The van der Waals surface area contributed by atoms with Gasteiger partial charge < -0.3 is 4.90 Å². The van der Waals surface area contributed by atoms with Gasteiger partial charge in [-0.2, -0.15) is 0 Å². The van der Waals surface area contributed by atoms with Gasteiger partial charge in [0.1, 0.15) is 0 Å². The van der Waals surface area contributed by atoms with Crippen molar-refractivity contribution in [3.05, 3.63) is 60.8 Å². The summed E-state index contributed by atoms with van der Waals surface area (Å²) >= 11 is 1.71. The van der Waals surface area contributed by atoms with Crippen molar-refractivity contribution in [2.24, 2.45) is 0 Å². The Bertz CT molecular complexity index is 500. The van der Waals surface area contributed by atoms with Crippen molar-refractivity contribution in [1.82, 2.24) is 0 Å². The largest absolute Gasteiger partial charge is 0.350 e. The highest BCUT2D eigenvalue weighted by atomic mass is 32.2.